The quantitative estimate of drug-likeness (QED) is 0.586. The molecule has 0 aliphatic carbocycles. The number of hydrogen-bond acceptors (Lipinski definition) is 4. The Morgan fingerprint density at radius 1 is 0.926 bits per heavy atom. The summed E-state index contributed by atoms with van der Waals surface area (Å²) >= 11 is 5.96. The molecular formula is C22H24ClN3O. The van der Waals surface area contributed by atoms with Gasteiger partial charge in [0.25, 0.3) is 5.89 Å². The van der Waals surface area contributed by atoms with Gasteiger partial charge >= 0.3 is 0 Å². The first-order valence-electron chi connectivity index (χ1n) is 9.54. The predicted molar refractivity (Wildman–Crippen MR) is 109 cm³/mol. The highest BCUT2D eigenvalue weighted by molar-refractivity contribution is 6.30. The van der Waals surface area contributed by atoms with Gasteiger partial charge in [0.15, 0.2) is 5.82 Å². The molecule has 140 valence electrons. The number of piperidine rings is 1. The van der Waals surface area contributed by atoms with Gasteiger partial charge in [-0.15, -0.1) is 0 Å². The third-order valence-electron chi connectivity index (χ3n) is 5.38. The van der Waals surface area contributed by atoms with Gasteiger partial charge < -0.3 is 9.42 Å². The van der Waals surface area contributed by atoms with Gasteiger partial charge in [0.2, 0.25) is 0 Å². The molecule has 3 aromatic rings. The van der Waals surface area contributed by atoms with E-state index in [2.05, 4.69) is 41.0 Å². The number of rotatable bonds is 4. The molecule has 1 aliphatic rings. The van der Waals surface area contributed by atoms with E-state index in [-0.39, 0.29) is 0 Å². The molecule has 0 unspecified atom stereocenters. The van der Waals surface area contributed by atoms with Crippen molar-refractivity contribution in [2.24, 2.45) is 0 Å². The SMILES string of the molecule is CC(C)N1CCC(c2noc(-c3ccc(-c4ccc(Cl)cc4)cc3)n2)CC1. The molecular weight excluding hydrogens is 358 g/mol. The lowest BCUT2D eigenvalue weighted by Gasteiger charge is -2.33. The first-order chi connectivity index (χ1) is 13.1. The van der Waals surface area contributed by atoms with Crippen molar-refractivity contribution in [1.29, 1.82) is 0 Å². The Hall–Kier alpha value is -2.17. The van der Waals surface area contributed by atoms with E-state index in [4.69, 9.17) is 16.1 Å². The third-order valence-corrected chi connectivity index (χ3v) is 5.63. The van der Waals surface area contributed by atoms with Crippen LogP contribution in [0.1, 0.15) is 38.4 Å². The van der Waals surface area contributed by atoms with E-state index in [1.54, 1.807) is 0 Å². The van der Waals surface area contributed by atoms with Crippen LogP contribution in [-0.4, -0.2) is 34.2 Å². The zero-order chi connectivity index (χ0) is 18.8. The van der Waals surface area contributed by atoms with Crippen LogP contribution in [0.4, 0.5) is 0 Å². The van der Waals surface area contributed by atoms with E-state index in [1.807, 2.05) is 36.4 Å². The van der Waals surface area contributed by atoms with Crippen molar-refractivity contribution < 1.29 is 4.52 Å². The summed E-state index contributed by atoms with van der Waals surface area (Å²) in [5.74, 6) is 1.83. The van der Waals surface area contributed by atoms with Gasteiger partial charge in [-0.1, -0.05) is 41.0 Å². The van der Waals surface area contributed by atoms with Crippen LogP contribution >= 0.6 is 11.6 Å². The summed E-state index contributed by atoms with van der Waals surface area (Å²) in [6.45, 7) is 6.70. The second kappa shape index (κ2) is 7.83. The summed E-state index contributed by atoms with van der Waals surface area (Å²) in [6, 6.07) is 16.7. The van der Waals surface area contributed by atoms with Gasteiger partial charge in [-0.25, -0.2) is 0 Å². The zero-order valence-corrected chi connectivity index (χ0v) is 16.5. The van der Waals surface area contributed by atoms with Crippen LogP contribution in [0.25, 0.3) is 22.6 Å². The van der Waals surface area contributed by atoms with Gasteiger partial charge in [0.1, 0.15) is 0 Å². The molecule has 1 aromatic heterocycles. The van der Waals surface area contributed by atoms with E-state index in [9.17, 15) is 0 Å². The molecule has 27 heavy (non-hydrogen) atoms. The molecule has 2 heterocycles. The molecule has 0 spiro atoms. The fourth-order valence-corrected chi connectivity index (χ4v) is 3.77. The largest absolute Gasteiger partial charge is 0.334 e. The van der Waals surface area contributed by atoms with Gasteiger partial charge in [0, 0.05) is 22.5 Å². The Labute approximate surface area is 165 Å². The zero-order valence-electron chi connectivity index (χ0n) is 15.7. The van der Waals surface area contributed by atoms with Crippen molar-refractivity contribution >= 4 is 11.6 Å². The van der Waals surface area contributed by atoms with Crippen LogP contribution in [0.2, 0.25) is 5.02 Å². The number of halogens is 1. The average Bonchev–Trinajstić information content (AvgIpc) is 3.19. The smallest absolute Gasteiger partial charge is 0.257 e. The van der Waals surface area contributed by atoms with E-state index in [0.717, 1.165) is 53.5 Å². The molecule has 4 rings (SSSR count). The van der Waals surface area contributed by atoms with E-state index < -0.39 is 0 Å². The Bertz CT molecular complexity index is 879. The van der Waals surface area contributed by atoms with Crippen LogP contribution in [0.5, 0.6) is 0 Å². The van der Waals surface area contributed by atoms with Crippen LogP contribution in [0, 0.1) is 0 Å². The van der Waals surface area contributed by atoms with Crippen molar-refractivity contribution in [3.8, 4) is 22.6 Å². The van der Waals surface area contributed by atoms with E-state index in [1.165, 1.54) is 0 Å². The number of aromatic nitrogens is 2. The van der Waals surface area contributed by atoms with Crippen LogP contribution in [0.15, 0.2) is 53.1 Å². The van der Waals surface area contributed by atoms with Crippen molar-refractivity contribution in [3.63, 3.8) is 0 Å². The standard InChI is InChI=1S/C22H24ClN3O/c1-15(2)26-13-11-18(12-14-26)21-24-22(27-25-21)19-5-3-16(4-6-19)17-7-9-20(23)10-8-17/h3-10,15,18H,11-14H2,1-2H3. The van der Waals surface area contributed by atoms with E-state index >= 15 is 0 Å². The highest BCUT2D eigenvalue weighted by Crippen LogP contribution is 2.30. The molecule has 0 N–H and O–H groups in total. The summed E-state index contributed by atoms with van der Waals surface area (Å²) < 4.78 is 5.55. The predicted octanol–water partition coefficient (Wildman–Crippen LogP) is 5.64. The molecule has 0 radical (unpaired) electrons. The molecule has 1 saturated heterocycles. The minimum absolute atomic E-state index is 0.394. The highest BCUT2D eigenvalue weighted by atomic mass is 35.5. The summed E-state index contributed by atoms with van der Waals surface area (Å²) in [6.07, 6.45) is 2.18. The molecule has 0 atom stereocenters. The summed E-state index contributed by atoms with van der Waals surface area (Å²) in [7, 11) is 0. The lowest BCUT2D eigenvalue weighted by molar-refractivity contribution is 0.168. The Kier molecular flexibility index (Phi) is 5.28. The molecule has 4 nitrogen and oxygen atoms in total. The fourth-order valence-electron chi connectivity index (χ4n) is 3.64. The highest BCUT2D eigenvalue weighted by Gasteiger charge is 2.25. The molecule has 0 bridgehead atoms. The maximum Gasteiger partial charge on any atom is 0.257 e. The number of likely N-dealkylation sites (tertiary alicyclic amines) is 1. The second-order valence-electron chi connectivity index (χ2n) is 7.45. The molecule has 1 fully saturated rings. The minimum atomic E-state index is 0.394. The fraction of sp³-hybridized carbons (Fsp3) is 0.364. The van der Waals surface area contributed by atoms with Crippen LogP contribution in [-0.2, 0) is 0 Å². The first-order valence-corrected chi connectivity index (χ1v) is 9.92. The molecule has 0 amide bonds. The number of benzene rings is 2. The van der Waals surface area contributed by atoms with Gasteiger partial charge in [0.05, 0.1) is 0 Å². The van der Waals surface area contributed by atoms with Crippen LogP contribution in [0.3, 0.4) is 0 Å². The minimum Gasteiger partial charge on any atom is -0.334 e. The summed E-state index contributed by atoms with van der Waals surface area (Å²) in [5, 5.41) is 5.00. The van der Waals surface area contributed by atoms with Crippen molar-refractivity contribution in [3.05, 3.63) is 59.4 Å². The molecule has 2 aromatic carbocycles. The topological polar surface area (TPSA) is 42.2 Å². The second-order valence-corrected chi connectivity index (χ2v) is 7.88. The number of nitrogens with zero attached hydrogens (tertiary/aromatic N) is 3. The van der Waals surface area contributed by atoms with Gasteiger partial charge in [-0.05, 0) is 75.2 Å². The van der Waals surface area contributed by atoms with Crippen molar-refractivity contribution in [1.82, 2.24) is 15.0 Å². The van der Waals surface area contributed by atoms with Crippen LogP contribution < -0.4 is 0 Å². The lowest BCUT2D eigenvalue weighted by atomic mass is 9.95. The maximum absolute atomic E-state index is 5.96. The molecule has 5 heteroatoms. The monoisotopic (exact) mass is 381 g/mol. The number of hydrogen-bond donors (Lipinski definition) is 0. The first kappa shape index (κ1) is 18.2. The Morgan fingerprint density at radius 3 is 2.07 bits per heavy atom. The van der Waals surface area contributed by atoms with Gasteiger partial charge in [-0.2, -0.15) is 4.98 Å². The van der Waals surface area contributed by atoms with E-state index in [0.29, 0.717) is 17.9 Å². The van der Waals surface area contributed by atoms with Crippen molar-refractivity contribution in [2.75, 3.05) is 13.1 Å². The summed E-state index contributed by atoms with van der Waals surface area (Å²) in [4.78, 5) is 7.18. The third kappa shape index (κ3) is 4.07. The van der Waals surface area contributed by atoms with Gasteiger partial charge in [-0.3, -0.25) is 0 Å². The average molecular weight is 382 g/mol. The molecule has 0 saturated carbocycles. The lowest BCUT2D eigenvalue weighted by Crippen LogP contribution is -2.38. The summed E-state index contributed by atoms with van der Waals surface area (Å²) in [5.41, 5.74) is 3.22. The Balaban J connectivity index is 1.46. The normalized spacial score (nSPS) is 16.1. The maximum atomic E-state index is 5.96. The molecule has 1 aliphatic heterocycles. The van der Waals surface area contributed by atoms with Crippen molar-refractivity contribution in [2.45, 2.75) is 38.6 Å². The Morgan fingerprint density at radius 2 is 1.48 bits per heavy atom.